The summed E-state index contributed by atoms with van der Waals surface area (Å²) >= 11 is 0. The number of hydrogen-bond acceptors (Lipinski definition) is 1. The van der Waals surface area contributed by atoms with E-state index in [1.54, 1.807) is 6.42 Å². The van der Waals surface area contributed by atoms with Crippen molar-refractivity contribution in [3.05, 3.63) is 0 Å². The van der Waals surface area contributed by atoms with Gasteiger partial charge in [-0.25, -0.2) is 0 Å². The van der Waals surface area contributed by atoms with Gasteiger partial charge in [-0.15, -0.1) is 0 Å². The van der Waals surface area contributed by atoms with Crippen LogP contribution in [0.25, 0.3) is 0 Å². The highest BCUT2D eigenvalue weighted by molar-refractivity contribution is 5.25. The smallest absolute Gasteiger partial charge is 0.0624 e. The van der Waals surface area contributed by atoms with Crippen molar-refractivity contribution in [3.8, 4) is 6.07 Å². The first kappa shape index (κ1) is 6.02. The van der Waals surface area contributed by atoms with Crippen molar-refractivity contribution in [2.45, 2.75) is 19.3 Å². The van der Waals surface area contributed by atoms with Gasteiger partial charge in [0.15, 0.2) is 0 Å². The molecule has 7 unspecified atom stereocenters. The Kier molecular flexibility index (Phi) is 0.790. The molecule has 0 aromatic heterocycles. The average molecular weight is 159 g/mol. The minimum absolute atomic E-state index is 0.818. The van der Waals surface area contributed by atoms with Crippen LogP contribution < -0.4 is 0 Å². The van der Waals surface area contributed by atoms with Gasteiger partial charge in [-0.3, -0.25) is 0 Å². The zero-order chi connectivity index (χ0) is 7.87. The van der Waals surface area contributed by atoms with E-state index in [4.69, 9.17) is 5.26 Å². The van der Waals surface area contributed by atoms with Crippen LogP contribution in [0.1, 0.15) is 19.3 Å². The molecule has 0 aliphatic heterocycles. The third kappa shape index (κ3) is 0.417. The van der Waals surface area contributed by atoms with Crippen LogP contribution in [0.3, 0.4) is 0 Å². The molecule has 5 aliphatic rings. The Morgan fingerprint density at radius 1 is 1.00 bits per heavy atom. The molecule has 7 atom stereocenters. The lowest BCUT2D eigenvalue weighted by molar-refractivity contribution is 0.315. The van der Waals surface area contributed by atoms with Crippen molar-refractivity contribution in [2.75, 3.05) is 0 Å². The van der Waals surface area contributed by atoms with Gasteiger partial charge in [0.25, 0.3) is 0 Å². The molecule has 1 heteroatoms. The summed E-state index contributed by atoms with van der Waals surface area (Å²) in [6.45, 7) is 0. The highest BCUT2D eigenvalue weighted by Gasteiger charge is 2.77. The Morgan fingerprint density at radius 2 is 1.83 bits per heavy atom. The van der Waals surface area contributed by atoms with Crippen LogP contribution in [0, 0.1) is 52.8 Å². The molecule has 0 amide bonds. The minimum Gasteiger partial charge on any atom is -0.198 e. The molecule has 62 valence electrons. The first-order chi connectivity index (χ1) is 5.92. The molecule has 6 bridgehead atoms. The monoisotopic (exact) mass is 159 g/mol. The van der Waals surface area contributed by atoms with Crippen LogP contribution in [0.5, 0.6) is 0 Å². The van der Waals surface area contributed by atoms with E-state index in [9.17, 15) is 0 Å². The van der Waals surface area contributed by atoms with Gasteiger partial charge >= 0.3 is 0 Å². The Labute approximate surface area is 72.8 Å². The van der Waals surface area contributed by atoms with Crippen LogP contribution in [-0.4, -0.2) is 0 Å². The van der Waals surface area contributed by atoms with Gasteiger partial charge in [0.2, 0.25) is 0 Å². The fourth-order valence-corrected chi connectivity index (χ4v) is 5.23. The standard InChI is InChI=1S/C11H13N/c12-2-1-5-3-6-7-4-8-10(6)11(8)9(5)7/h5-11H,1,3-4H2. The maximum Gasteiger partial charge on any atom is 0.0624 e. The number of rotatable bonds is 1. The SMILES string of the molecule is N#CCC1CC2C3CC4C2C4C13. The Hall–Kier alpha value is -0.510. The van der Waals surface area contributed by atoms with E-state index in [1.165, 1.54) is 6.42 Å². The van der Waals surface area contributed by atoms with Gasteiger partial charge in [-0.1, -0.05) is 0 Å². The number of nitriles is 1. The zero-order valence-corrected chi connectivity index (χ0v) is 7.11. The second-order valence-electron chi connectivity index (χ2n) is 5.32. The van der Waals surface area contributed by atoms with Crippen molar-refractivity contribution in [2.24, 2.45) is 41.4 Å². The average Bonchev–Trinajstić information content (AvgIpc) is 2.48. The Bertz CT molecular complexity index is 290. The van der Waals surface area contributed by atoms with Crippen LogP contribution in [-0.2, 0) is 0 Å². The lowest BCUT2D eigenvalue weighted by Crippen LogP contribution is -2.12. The Morgan fingerprint density at radius 3 is 2.42 bits per heavy atom. The second-order valence-corrected chi connectivity index (χ2v) is 5.32. The molecule has 12 heavy (non-hydrogen) atoms. The highest BCUT2D eigenvalue weighted by atomic mass is 14.8. The lowest BCUT2D eigenvalue weighted by atomic mass is 9.86. The van der Waals surface area contributed by atoms with E-state index in [0.29, 0.717) is 0 Å². The van der Waals surface area contributed by atoms with E-state index in [1.807, 2.05) is 0 Å². The summed E-state index contributed by atoms with van der Waals surface area (Å²) in [7, 11) is 0. The quantitative estimate of drug-likeness (QED) is 0.574. The molecule has 5 fully saturated rings. The summed E-state index contributed by atoms with van der Waals surface area (Å²) in [5.74, 6) is 7.44. The minimum atomic E-state index is 0.818. The lowest BCUT2D eigenvalue weighted by Gasteiger charge is -2.17. The molecule has 5 saturated carbocycles. The highest BCUT2D eigenvalue weighted by Crippen LogP contribution is 2.82. The van der Waals surface area contributed by atoms with Crippen molar-refractivity contribution in [1.29, 1.82) is 5.26 Å². The van der Waals surface area contributed by atoms with E-state index < -0.39 is 0 Å². The first-order valence-corrected chi connectivity index (χ1v) is 5.29. The van der Waals surface area contributed by atoms with Crippen molar-refractivity contribution in [3.63, 3.8) is 0 Å². The topological polar surface area (TPSA) is 23.8 Å². The molecule has 0 aromatic carbocycles. The third-order valence-electron chi connectivity index (χ3n) is 5.29. The van der Waals surface area contributed by atoms with Crippen LogP contribution in [0.15, 0.2) is 0 Å². The maximum atomic E-state index is 8.70. The van der Waals surface area contributed by atoms with Crippen LogP contribution in [0.4, 0.5) is 0 Å². The van der Waals surface area contributed by atoms with Gasteiger partial charge in [0, 0.05) is 6.42 Å². The van der Waals surface area contributed by atoms with E-state index >= 15 is 0 Å². The molecule has 0 spiro atoms. The Balaban J connectivity index is 1.71. The van der Waals surface area contributed by atoms with E-state index in [2.05, 4.69) is 6.07 Å². The van der Waals surface area contributed by atoms with E-state index in [-0.39, 0.29) is 0 Å². The fraction of sp³-hybridized carbons (Fsp3) is 0.909. The van der Waals surface area contributed by atoms with Gasteiger partial charge in [0.1, 0.15) is 0 Å². The molecule has 0 aromatic rings. The zero-order valence-electron chi connectivity index (χ0n) is 7.11. The summed E-state index contributed by atoms with van der Waals surface area (Å²) in [6.07, 6.45) is 3.82. The third-order valence-corrected chi connectivity index (χ3v) is 5.29. The molecule has 0 N–H and O–H groups in total. The van der Waals surface area contributed by atoms with Crippen LogP contribution >= 0.6 is 0 Å². The summed E-state index contributed by atoms with van der Waals surface area (Å²) in [4.78, 5) is 0. The summed E-state index contributed by atoms with van der Waals surface area (Å²) in [5.41, 5.74) is 0. The summed E-state index contributed by atoms with van der Waals surface area (Å²) < 4.78 is 0. The van der Waals surface area contributed by atoms with Crippen molar-refractivity contribution in [1.82, 2.24) is 0 Å². The second kappa shape index (κ2) is 1.58. The largest absolute Gasteiger partial charge is 0.198 e. The predicted octanol–water partition coefficient (Wildman–Crippen LogP) is 2.05. The fourth-order valence-electron chi connectivity index (χ4n) is 5.23. The summed E-state index contributed by atoms with van der Waals surface area (Å²) in [6, 6.07) is 2.37. The molecule has 0 saturated heterocycles. The van der Waals surface area contributed by atoms with Gasteiger partial charge < -0.3 is 0 Å². The molecular weight excluding hydrogens is 146 g/mol. The maximum absolute atomic E-state index is 8.70. The number of hydrogen-bond donors (Lipinski definition) is 0. The molecule has 5 aliphatic carbocycles. The normalized spacial score (nSPS) is 68.4. The van der Waals surface area contributed by atoms with E-state index in [0.717, 1.165) is 47.8 Å². The van der Waals surface area contributed by atoms with Gasteiger partial charge in [-0.05, 0) is 54.3 Å². The molecule has 5 rings (SSSR count). The molecule has 0 heterocycles. The van der Waals surface area contributed by atoms with Gasteiger partial charge in [-0.2, -0.15) is 5.26 Å². The molecule has 1 nitrogen and oxygen atoms in total. The number of nitrogens with zero attached hydrogens (tertiary/aromatic N) is 1. The molecule has 0 radical (unpaired) electrons. The first-order valence-electron chi connectivity index (χ1n) is 5.29. The summed E-state index contributed by atoms with van der Waals surface area (Å²) in [5, 5.41) is 8.70. The van der Waals surface area contributed by atoms with Crippen LogP contribution in [0.2, 0.25) is 0 Å². The van der Waals surface area contributed by atoms with Crippen molar-refractivity contribution >= 4 is 0 Å². The molecular formula is C11H13N. The van der Waals surface area contributed by atoms with Crippen molar-refractivity contribution < 1.29 is 0 Å². The predicted molar refractivity (Wildman–Crippen MR) is 43.9 cm³/mol. The van der Waals surface area contributed by atoms with Gasteiger partial charge in [0.05, 0.1) is 6.07 Å².